The SMILES string of the molecule is COc1ccc(C2OCC[C@@H](/C=C\C[C@H]3COC(C)(C)O3)O2)cc1. The van der Waals surface area contributed by atoms with Gasteiger partial charge in [0, 0.05) is 12.0 Å². The van der Waals surface area contributed by atoms with E-state index in [1.165, 1.54) is 0 Å². The number of ether oxygens (including phenoxy) is 5. The van der Waals surface area contributed by atoms with Crippen LogP contribution in [0.5, 0.6) is 5.75 Å². The number of hydrogen-bond acceptors (Lipinski definition) is 5. The molecule has 2 aliphatic rings. The minimum absolute atomic E-state index is 0.0567. The maximum Gasteiger partial charge on any atom is 0.184 e. The molecule has 2 saturated heterocycles. The first-order valence-electron chi connectivity index (χ1n) is 8.45. The predicted octanol–water partition coefficient (Wildman–Crippen LogP) is 3.60. The van der Waals surface area contributed by atoms with E-state index in [-0.39, 0.29) is 18.5 Å². The Morgan fingerprint density at radius 1 is 1.25 bits per heavy atom. The lowest BCUT2D eigenvalue weighted by molar-refractivity contribution is -0.204. The number of rotatable bonds is 5. The van der Waals surface area contributed by atoms with E-state index in [1.807, 2.05) is 38.1 Å². The lowest BCUT2D eigenvalue weighted by Crippen LogP contribution is -2.25. The molecule has 1 unspecified atom stereocenters. The second-order valence-corrected chi connectivity index (χ2v) is 6.55. The van der Waals surface area contributed by atoms with E-state index < -0.39 is 5.79 Å². The third kappa shape index (κ3) is 4.57. The number of benzene rings is 1. The molecule has 132 valence electrons. The van der Waals surface area contributed by atoms with E-state index in [1.54, 1.807) is 7.11 Å². The molecule has 3 atom stereocenters. The standard InChI is InChI=1S/C19H26O5/c1-19(2)22-13-17(24-19)6-4-5-16-11-12-21-18(23-16)14-7-9-15(20-3)10-8-14/h4-5,7-10,16-18H,6,11-13H2,1-3H3/b5-4-/t16-,17+,18?/m1/s1. The smallest absolute Gasteiger partial charge is 0.184 e. The van der Waals surface area contributed by atoms with Crippen molar-refractivity contribution >= 4 is 0 Å². The van der Waals surface area contributed by atoms with Crippen molar-refractivity contribution in [3.8, 4) is 5.75 Å². The third-order valence-electron chi connectivity index (χ3n) is 4.17. The molecule has 0 bridgehead atoms. The Morgan fingerprint density at radius 3 is 2.71 bits per heavy atom. The van der Waals surface area contributed by atoms with E-state index >= 15 is 0 Å². The van der Waals surface area contributed by atoms with Crippen LogP contribution in [0.15, 0.2) is 36.4 Å². The molecular formula is C19H26O5. The molecule has 0 spiro atoms. The van der Waals surface area contributed by atoms with Crippen molar-refractivity contribution < 1.29 is 23.7 Å². The van der Waals surface area contributed by atoms with Gasteiger partial charge in [0.1, 0.15) is 5.75 Å². The lowest BCUT2D eigenvalue weighted by atomic mass is 10.1. The molecule has 0 aliphatic carbocycles. The lowest BCUT2D eigenvalue weighted by Gasteiger charge is -2.29. The predicted molar refractivity (Wildman–Crippen MR) is 89.8 cm³/mol. The second-order valence-electron chi connectivity index (χ2n) is 6.55. The summed E-state index contributed by atoms with van der Waals surface area (Å²) in [5.41, 5.74) is 1.00. The Labute approximate surface area is 143 Å². The summed E-state index contributed by atoms with van der Waals surface area (Å²) < 4.78 is 28.3. The monoisotopic (exact) mass is 334 g/mol. The highest BCUT2D eigenvalue weighted by Gasteiger charge is 2.31. The van der Waals surface area contributed by atoms with E-state index in [2.05, 4.69) is 12.2 Å². The Balaban J connectivity index is 1.50. The summed E-state index contributed by atoms with van der Waals surface area (Å²) in [6, 6.07) is 7.78. The minimum Gasteiger partial charge on any atom is -0.497 e. The second kappa shape index (κ2) is 7.66. The molecule has 0 saturated carbocycles. The molecule has 2 heterocycles. The van der Waals surface area contributed by atoms with Crippen molar-refractivity contribution in [3.63, 3.8) is 0 Å². The molecule has 0 N–H and O–H groups in total. The Morgan fingerprint density at radius 2 is 2.04 bits per heavy atom. The van der Waals surface area contributed by atoms with Crippen LogP contribution in [0, 0.1) is 0 Å². The van der Waals surface area contributed by atoms with Crippen LogP contribution in [0.25, 0.3) is 0 Å². The molecule has 0 amide bonds. The van der Waals surface area contributed by atoms with Crippen LogP contribution >= 0.6 is 0 Å². The molecule has 0 radical (unpaired) electrons. The minimum atomic E-state index is -0.465. The zero-order valence-corrected chi connectivity index (χ0v) is 14.6. The highest BCUT2D eigenvalue weighted by Crippen LogP contribution is 2.29. The van der Waals surface area contributed by atoms with E-state index in [0.29, 0.717) is 13.2 Å². The van der Waals surface area contributed by atoms with Gasteiger partial charge in [-0.15, -0.1) is 0 Å². The first-order chi connectivity index (χ1) is 11.6. The van der Waals surface area contributed by atoms with Gasteiger partial charge in [0.05, 0.1) is 32.5 Å². The molecular weight excluding hydrogens is 308 g/mol. The van der Waals surface area contributed by atoms with Crippen molar-refractivity contribution in [3.05, 3.63) is 42.0 Å². The van der Waals surface area contributed by atoms with Crippen LogP contribution < -0.4 is 4.74 Å². The van der Waals surface area contributed by atoms with Gasteiger partial charge >= 0.3 is 0 Å². The van der Waals surface area contributed by atoms with Gasteiger partial charge in [0.25, 0.3) is 0 Å². The highest BCUT2D eigenvalue weighted by molar-refractivity contribution is 5.28. The van der Waals surface area contributed by atoms with Crippen LogP contribution in [0.1, 0.15) is 38.5 Å². The maximum atomic E-state index is 6.03. The van der Waals surface area contributed by atoms with Gasteiger partial charge < -0.3 is 23.7 Å². The first kappa shape index (κ1) is 17.4. The number of hydrogen-bond donors (Lipinski definition) is 0. The van der Waals surface area contributed by atoms with Crippen molar-refractivity contribution in [1.29, 1.82) is 0 Å². The third-order valence-corrected chi connectivity index (χ3v) is 4.17. The van der Waals surface area contributed by atoms with Crippen molar-refractivity contribution in [1.82, 2.24) is 0 Å². The average molecular weight is 334 g/mol. The zero-order chi connectivity index (χ0) is 17.0. The summed E-state index contributed by atoms with van der Waals surface area (Å²) in [5, 5.41) is 0. The fraction of sp³-hybridized carbons (Fsp3) is 0.579. The van der Waals surface area contributed by atoms with Crippen LogP contribution in [0.2, 0.25) is 0 Å². The maximum absolute atomic E-state index is 6.03. The molecule has 1 aromatic carbocycles. The van der Waals surface area contributed by atoms with Gasteiger partial charge in [0.15, 0.2) is 12.1 Å². The van der Waals surface area contributed by atoms with Gasteiger partial charge in [-0.3, -0.25) is 0 Å². The molecule has 24 heavy (non-hydrogen) atoms. The highest BCUT2D eigenvalue weighted by atomic mass is 16.7. The van der Waals surface area contributed by atoms with Crippen molar-refractivity contribution in [2.45, 2.75) is 51.0 Å². The van der Waals surface area contributed by atoms with Crippen LogP contribution in [0.3, 0.4) is 0 Å². The van der Waals surface area contributed by atoms with Gasteiger partial charge in [-0.25, -0.2) is 0 Å². The van der Waals surface area contributed by atoms with E-state index in [4.69, 9.17) is 23.7 Å². The summed E-state index contributed by atoms with van der Waals surface area (Å²) in [4.78, 5) is 0. The van der Waals surface area contributed by atoms with Gasteiger partial charge in [-0.2, -0.15) is 0 Å². The first-order valence-corrected chi connectivity index (χ1v) is 8.45. The fourth-order valence-electron chi connectivity index (χ4n) is 2.90. The van der Waals surface area contributed by atoms with Crippen LogP contribution in [0.4, 0.5) is 0 Å². The Kier molecular flexibility index (Phi) is 5.56. The number of methoxy groups -OCH3 is 1. The summed E-state index contributed by atoms with van der Waals surface area (Å²) in [6.45, 7) is 5.21. The van der Waals surface area contributed by atoms with E-state index in [0.717, 1.165) is 24.2 Å². The van der Waals surface area contributed by atoms with Gasteiger partial charge in [0.2, 0.25) is 0 Å². The molecule has 5 heteroatoms. The molecule has 2 aliphatic heterocycles. The molecule has 2 fully saturated rings. The Bertz CT molecular complexity index is 551. The van der Waals surface area contributed by atoms with Crippen molar-refractivity contribution in [2.24, 2.45) is 0 Å². The largest absolute Gasteiger partial charge is 0.497 e. The van der Waals surface area contributed by atoms with Gasteiger partial charge in [-0.05, 0) is 32.4 Å². The zero-order valence-electron chi connectivity index (χ0n) is 14.6. The molecule has 3 rings (SSSR count). The quantitative estimate of drug-likeness (QED) is 0.770. The summed E-state index contributed by atoms with van der Waals surface area (Å²) >= 11 is 0. The molecule has 0 aromatic heterocycles. The Hall–Kier alpha value is -1.40. The van der Waals surface area contributed by atoms with E-state index in [9.17, 15) is 0 Å². The normalized spacial score (nSPS) is 29.9. The summed E-state index contributed by atoms with van der Waals surface area (Å²) in [6.07, 6.45) is 5.76. The van der Waals surface area contributed by atoms with Crippen LogP contribution in [-0.2, 0) is 18.9 Å². The summed E-state index contributed by atoms with van der Waals surface area (Å²) in [5.74, 6) is 0.361. The molecule has 5 nitrogen and oxygen atoms in total. The summed E-state index contributed by atoms with van der Waals surface area (Å²) in [7, 11) is 1.66. The topological polar surface area (TPSA) is 46.2 Å². The average Bonchev–Trinajstić information content (AvgIpc) is 2.94. The molecule has 1 aromatic rings. The van der Waals surface area contributed by atoms with Gasteiger partial charge in [-0.1, -0.05) is 24.3 Å². The van der Waals surface area contributed by atoms with Crippen molar-refractivity contribution in [2.75, 3.05) is 20.3 Å². The van der Waals surface area contributed by atoms with Crippen LogP contribution in [-0.4, -0.2) is 38.3 Å². The fourth-order valence-corrected chi connectivity index (χ4v) is 2.90.